The number of halogens is 1. The zero-order chi connectivity index (χ0) is 17.6. The number of hydrazone groups is 1. The second-order valence-electron chi connectivity index (χ2n) is 4.99. The first-order chi connectivity index (χ1) is 12.1. The van der Waals surface area contributed by atoms with Gasteiger partial charge >= 0.3 is 0 Å². The van der Waals surface area contributed by atoms with Crippen molar-refractivity contribution in [2.24, 2.45) is 5.10 Å². The molecule has 9 heteroatoms. The van der Waals surface area contributed by atoms with Gasteiger partial charge in [0.25, 0.3) is 0 Å². The van der Waals surface area contributed by atoms with Crippen LogP contribution in [0.2, 0.25) is 0 Å². The Labute approximate surface area is 146 Å². The Morgan fingerprint density at radius 2 is 2.00 bits per heavy atom. The van der Waals surface area contributed by atoms with Crippen molar-refractivity contribution >= 4 is 23.9 Å². The number of benzene rings is 2. The molecule has 0 spiro atoms. The summed E-state index contributed by atoms with van der Waals surface area (Å²) in [6.07, 6.45) is 1.39. The molecule has 0 aliphatic rings. The minimum absolute atomic E-state index is 0.0272. The van der Waals surface area contributed by atoms with Gasteiger partial charge in [0, 0.05) is 17.4 Å². The summed E-state index contributed by atoms with van der Waals surface area (Å²) in [7, 11) is 0. The first-order valence-corrected chi connectivity index (χ1v) is 8.19. The number of H-pyrrole nitrogens is 1. The molecule has 0 atom stereocenters. The van der Waals surface area contributed by atoms with Crippen molar-refractivity contribution in [3.05, 3.63) is 59.4 Å². The van der Waals surface area contributed by atoms with Crippen LogP contribution in [0.15, 0.2) is 52.7 Å². The van der Waals surface area contributed by atoms with E-state index in [4.69, 9.17) is 0 Å². The van der Waals surface area contributed by atoms with Gasteiger partial charge < -0.3 is 10.2 Å². The lowest BCUT2D eigenvalue weighted by atomic mass is 10.2. The van der Waals surface area contributed by atoms with Gasteiger partial charge in [-0.2, -0.15) is 10.1 Å². The molecule has 2 aromatic carbocycles. The number of aromatic nitrogens is 3. The molecule has 4 N–H and O–H groups in total. The van der Waals surface area contributed by atoms with Crippen molar-refractivity contribution in [3.63, 3.8) is 0 Å². The van der Waals surface area contributed by atoms with Gasteiger partial charge in [0.1, 0.15) is 17.3 Å². The third-order valence-electron chi connectivity index (χ3n) is 3.13. The normalized spacial score (nSPS) is 11.1. The van der Waals surface area contributed by atoms with Crippen molar-refractivity contribution in [3.8, 4) is 11.5 Å². The molecule has 0 saturated carbocycles. The second-order valence-corrected chi connectivity index (χ2v) is 5.94. The lowest BCUT2D eigenvalue weighted by Gasteiger charge is -1.99. The molecule has 1 heterocycles. The summed E-state index contributed by atoms with van der Waals surface area (Å²) in [5.41, 5.74) is 4.07. The van der Waals surface area contributed by atoms with Crippen LogP contribution < -0.4 is 5.43 Å². The van der Waals surface area contributed by atoms with Crippen LogP contribution in [0.4, 0.5) is 10.3 Å². The van der Waals surface area contributed by atoms with E-state index in [1.807, 2.05) is 0 Å². The third kappa shape index (κ3) is 4.70. The van der Waals surface area contributed by atoms with Crippen LogP contribution in [0.1, 0.15) is 11.1 Å². The number of nitrogens with one attached hydrogen (secondary N) is 2. The van der Waals surface area contributed by atoms with Crippen molar-refractivity contribution in [2.75, 3.05) is 5.43 Å². The Hall–Kier alpha value is -3.07. The Morgan fingerprint density at radius 1 is 1.20 bits per heavy atom. The first-order valence-electron chi connectivity index (χ1n) is 7.21. The fraction of sp³-hybridized carbons (Fsp3) is 0.0625. The number of nitrogens with zero attached hydrogens (tertiary/aromatic N) is 3. The van der Waals surface area contributed by atoms with E-state index in [0.717, 1.165) is 5.56 Å². The van der Waals surface area contributed by atoms with Crippen LogP contribution in [0.3, 0.4) is 0 Å². The zero-order valence-corrected chi connectivity index (χ0v) is 13.7. The van der Waals surface area contributed by atoms with Gasteiger partial charge in [-0.05, 0) is 29.8 Å². The first kappa shape index (κ1) is 16.8. The topological polar surface area (TPSA) is 106 Å². The lowest BCUT2D eigenvalue weighted by Crippen LogP contribution is -1.92. The SMILES string of the molecule is Oc1ccc(/C=N\Nc2nc(SCc3ccc(F)cc3)n[nH]2)c(O)c1. The summed E-state index contributed by atoms with van der Waals surface area (Å²) in [6, 6.07) is 10.4. The van der Waals surface area contributed by atoms with E-state index in [1.54, 1.807) is 12.1 Å². The molecule has 0 radical (unpaired) electrons. The van der Waals surface area contributed by atoms with Gasteiger partial charge in [-0.25, -0.2) is 14.9 Å². The van der Waals surface area contributed by atoms with Gasteiger partial charge in [-0.15, -0.1) is 5.10 Å². The van der Waals surface area contributed by atoms with Gasteiger partial charge in [0.2, 0.25) is 11.1 Å². The van der Waals surface area contributed by atoms with Crippen LogP contribution in [0.5, 0.6) is 11.5 Å². The van der Waals surface area contributed by atoms with E-state index in [2.05, 4.69) is 25.7 Å². The van der Waals surface area contributed by atoms with Gasteiger partial charge in [0.15, 0.2) is 0 Å². The van der Waals surface area contributed by atoms with Crippen molar-refractivity contribution < 1.29 is 14.6 Å². The van der Waals surface area contributed by atoms with E-state index in [0.29, 0.717) is 22.4 Å². The van der Waals surface area contributed by atoms with Gasteiger partial charge in [0.05, 0.1) is 6.21 Å². The molecule has 0 amide bonds. The zero-order valence-electron chi connectivity index (χ0n) is 12.8. The molecule has 0 aliphatic heterocycles. The maximum Gasteiger partial charge on any atom is 0.240 e. The highest BCUT2D eigenvalue weighted by Gasteiger charge is 2.04. The highest BCUT2D eigenvalue weighted by molar-refractivity contribution is 7.98. The fourth-order valence-electron chi connectivity index (χ4n) is 1.89. The molecule has 3 rings (SSSR count). The van der Waals surface area contributed by atoms with Crippen LogP contribution in [0, 0.1) is 5.82 Å². The predicted molar refractivity (Wildman–Crippen MR) is 93.3 cm³/mol. The highest BCUT2D eigenvalue weighted by Crippen LogP contribution is 2.21. The fourth-order valence-corrected chi connectivity index (χ4v) is 2.65. The summed E-state index contributed by atoms with van der Waals surface area (Å²) < 4.78 is 12.9. The molecule has 0 unspecified atom stereocenters. The lowest BCUT2D eigenvalue weighted by molar-refractivity contribution is 0.450. The standard InChI is InChI=1S/C16H14FN5O2S/c17-12-4-1-10(2-5-12)9-25-16-19-15(21-22-16)20-18-8-11-3-6-13(23)7-14(11)24/h1-8,23-24H,9H2,(H2,19,20,21,22)/b18-8-. The number of aromatic amines is 1. The summed E-state index contributed by atoms with van der Waals surface area (Å²) in [5, 5.41) is 30.1. The Kier molecular flexibility index (Phi) is 5.14. The van der Waals surface area contributed by atoms with E-state index in [-0.39, 0.29) is 17.3 Å². The molecule has 25 heavy (non-hydrogen) atoms. The second kappa shape index (κ2) is 7.67. The van der Waals surface area contributed by atoms with Crippen molar-refractivity contribution in [2.45, 2.75) is 10.9 Å². The van der Waals surface area contributed by atoms with Gasteiger partial charge in [-0.1, -0.05) is 23.9 Å². The monoisotopic (exact) mass is 359 g/mol. The maximum absolute atomic E-state index is 12.9. The molecular weight excluding hydrogens is 345 g/mol. The number of rotatable bonds is 6. The number of aromatic hydroxyl groups is 2. The summed E-state index contributed by atoms with van der Waals surface area (Å²) in [5.74, 6) is 0.577. The number of thioether (sulfide) groups is 1. The van der Waals surface area contributed by atoms with Crippen LogP contribution in [-0.4, -0.2) is 31.6 Å². The summed E-state index contributed by atoms with van der Waals surface area (Å²) >= 11 is 1.40. The molecule has 0 fully saturated rings. The number of phenols is 2. The molecule has 7 nitrogen and oxygen atoms in total. The number of hydrogen-bond donors (Lipinski definition) is 4. The van der Waals surface area contributed by atoms with Crippen LogP contribution >= 0.6 is 11.8 Å². The van der Waals surface area contributed by atoms with Crippen molar-refractivity contribution in [1.82, 2.24) is 15.2 Å². The van der Waals surface area contributed by atoms with Crippen LogP contribution in [-0.2, 0) is 5.75 Å². The smallest absolute Gasteiger partial charge is 0.240 e. The average molecular weight is 359 g/mol. The number of hydrogen-bond acceptors (Lipinski definition) is 7. The molecule has 0 bridgehead atoms. The Morgan fingerprint density at radius 3 is 2.76 bits per heavy atom. The number of phenolic OH excluding ortho intramolecular Hbond substituents is 2. The van der Waals surface area contributed by atoms with Crippen molar-refractivity contribution in [1.29, 1.82) is 0 Å². The molecular formula is C16H14FN5O2S. The van der Waals surface area contributed by atoms with Gasteiger partial charge in [-0.3, -0.25) is 0 Å². The van der Waals surface area contributed by atoms with E-state index in [1.165, 1.54) is 48.3 Å². The van der Waals surface area contributed by atoms with E-state index < -0.39 is 0 Å². The number of anilines is 1. The minimum Gasteiger partial charge on any atom is -0.508 e. The molecule has 0 aliphatic carbocycles. The molecule has 0 saturated heterocycles. The Bertz CT molecular complexity index is 882. The van der Waals surface area contributed by atoms with Crippen LogP contribution in [0.25, 0.3) is 0 Å². The molecule has 1 aromatic heterocycles. The summed E-state index contributed by atoms with van der Waals surface area (Å²) in [6.45, 7) is 0. The summed E-state index contributed by atoms with van der Waals surface area (Å²) in [4.78, 5) is 4.21. The average Bonchev–Trinajstić information content (AvgIpc) is 3.04. The predicted octanol–water partition coefficient (Wildman–Crippen LogP) is 3.09. The molecule has 3 aromatic rings. The third-order valence-corrected chi connectivity index (χ3v) is 4.05. The van der Waals surface area contributed by atoms with E-state index >= 15 is 0 Å². The highest BCUT2D eigenvalue weighted by atomic mass is 32.2. The Balaban J connectivity index is 1.54. The molecule has 128 valence electrons. The minimum atomic E-state index is -0.268. The quantitative estimate of drug-likeness (QED) is 0.306. The largest absolute Gasteiger partial charge is 0.508 e. The maximum atomic E-state index is 12.9. The van der Waals surface area contributed by atoms with E-state index in [9.17, 15) is 14.6 Å².